The van der Waals surface area contributed by atoms with Crippen molar-refractivity contribution in [3.63, 3.8) is 0 Å². The van der Waals surface area contributed by atoms with E-state index >= 15 is 0 Å². The topological polar surface area (TPSA) is 49.3 Å². The quantitative estimate of drug-likeness (QED) is 0.835. The van der Waals surface area contributed by atoms with Crippen molar-refractivity contribution in [2.75, 3.05) is 13.1 Å². The summed E-state index contributed by atoms with van der Waals surface area (Å²) in [6.45, 7) is 1.07. The number of hydrogen-bond acceptors (Lipinski definition) is 2. The molecule has 3 nitrogen and oxygen atoms in total. The highest BCUT2D eigenvalue weighted by Crippen LogP contribution is 2.28. The molecule has 0 unspecified atom stereocenters. The summed E-state index contributed by atoms with van der Waals surface area (Å²) in [5, 5.41) is 12.1. The number of rotatable bonds is 2. The number of aliphatic carboxylic acids is 1. The van der Waals surface area contributed by atoms with Crippen LogP contribution in [0.25, 0.3) is 0 Å². The van der Waals surface area contributed by atoms with Gasteiger partial charge in [-0.2, -0.15) is 0 Å². The highest BCUT2D eigenvalue weighted by molar-refractivity contribution is 5.85. The summed E-state index contributed by atoms with van der Waals surface area (Å²) in [4.78, 5) is 11.1. The Balaban J connectivity index is 0.000000980. The zero-order chi connectivity index (χ0) is 9.31. The lowest BCUT2D eigenvalue weighted by molar-refractivity contribution is -0.146. The maximum absolute atomic E-state index is 11.1. The van der Waals surface area contributed by atoms with Crippen molar-refractivity contribution < 1.29 is 9.90 Å². The normalized spacial score (nSPS) is 16.5. The van der Waals surface area contributed by atoms with Crippen LogP contribution >= 0.6 is 24.8 Å². The fourth-order valence-electron chi connectivity index (χ4n) is 1.61. The predicted octanol–water partition coefficient (Wildman–Crippen LogP) is 1.46. The molecular formula is C10H13Cl2NO2. The van der Waals surface area contributed by atoms with Crippen LogP contribution in [-0.2, 0) is 10.2 Å². The van der Waals surface area contributed by atoms with Gasteiger partial charge < -0.3 is 10.4 Å². The molecule has 1 aromatic carbocycles. The number of nitrogens with one attached hydrogen (secondary N) is 1. The van der Waals surface area contributed by atoms with E-state index in [1.165, 1.54) is 0 Å². The van der Waals surface area contributed by atoms with E-state index in [-0.39, 0.29) is 24.8 Å². The van der Waals surface area contributed by atoms with E-state index in [1.54, 1.807) is 0 Å². The van der Waals surface area contributed by atoms with Crippen molar-refractivity contribution in [2.24, 2.45) is 0 Å². The average Bonchev–Trinajstić information content (AvgIpc) is 2.03. The first-order chi connectivity index (χ1) is 6.26. The summed E-state index contributed by atoms with van der Waals surface area (Å²) in [6, 6.07) is 9.38. The molecule has 1 fully saturated rings. The Morgan fingerprint density at radius 3 is 2.07 bits per heavy atom. The molecule has 84 valence electrons. The first-order valence-corrected chi connectivity index (χ1v) is 4.25. The van der Waals surface area contributed by atoms with Crippen LogP contribution in [0.2, 0.25) is 0 Å². The standard InChI is InChI=1S/C10H11NO2.2ClH/c12-9(13)10(6-11-7-10)8-4-2-1-3-5-8;;/h1-5,11H,6-7H2,(H,12,13);2*1H. The van der Waals surface area contributed by atoms with Crippen LogP contribution < -0.4 is 5.32 Å². The van der Waals surface area contributed by atoms with Crippen LogP contribution in [0.1, 0.15) is 5.56 Å². The fourth-order valence-corrected chi connectivity index (χ4v) is 1.61. The highest BCUT2D eigenvalue weighted by Gasteiger charge is 2.45. The van der Waals surface area contributed by atoms with E-state index in [9.17, 15) is 4.79 Å². The third-order valence-corrected chi connectivity index (χ3v) is 2.59. The Labute approximate surface area is 101 Å². The molecule has 1 aliphatic heterocycles. The van der Waals surface area contributed by atoms with Gasteiger partial charge in [0.2, 0.25) is 0 Å². The highest BCUT2D eigenvalue weighted by atomic mass is 35.5. The van der Waals surface area contributed by atoms with Gasteiger partial charge in [-0.15, -0.1) is 24.8 Å². The lowest BCUT2D eigenvalue weighted by Gasteiger charge is -2.38. The minimum Gasteiger partial charge on any atom is -0.481 e. The van der Waals surface area contributed by atoms with Crippen LogP contribution in [0.15, 0.2) is 30.3 Å². The summed E-state index contributed by atoms with van der Waals surface area (Å²) >= 11 is 0. The number of halogens is 2. The molecule has 1 aromatic rings. The lowest BCUT2D eigenvalue weighted by Crippen LogP contribution is -2.61. The number of hydrogen-bond donors (Lipinski definition) is 2. The molecule has 0 radical (unpaired) electrons. The van der Waals surface area contributed by atoms with E-state index in [1.807, 2.05) is 30.3 Å². The zero-order valence-corrected chi connectivity index (χ0v) is 9.61. The van der Waals surface area contributed by atoms with Gasteiger partial charge in [0, 0.05) is 13.1 Å². The van der Waals surface area contributed by atoms with Crippen molar-refractivity contribution in [1.82, 2.24) is 5.32 Å². The molecule has 0 bridgehead atoms. The van der Waals surface area contributed by atoms with Gasteiger partial charge >= 0.3 is 5.97 Å². The van der Waals surface area contributed by atoms with Crippen molar-refractivity contribution in [2.45, 2.75) is 5.41 Å². The SMILES string of the molecule is Cl.Cl.O=C(O)C1(c2ccccc2)CNC1. The van der Waals surface area contributed by atoms with Crippen LogP contribution in [0.4, 0.5) is 0 Å². The van der Waals surface area contributed by atoms with Gasteiger partial charge in [0.1, 0.15) is 5.41 Å². The predicted molar refractivity (Wildman–Crippen MR) is 63.1 cm³/mol. The van der Waals surface area contributed by atoms with Crippen molar-refractivity contribution in [3.05, 3.63) is 35.9 Å². The monoisotopic (exact) mass is 249 g/mol. The summed E-state index contributed by atoms with van der Waals surface area (Å²) in [6.07, 6.45) is 0. The molecule has 0 spiro atoms. The minimum absolute atomic E-state index is 0. The molecule has 2 N–H and O–H groups in total. The van der Waals surface area contributed by atoms with Gasteiger partial charge in [-0.1, -0.05) is 30.3 Å². The largest absolute Gasteiger partial charge is 0.481 e. The van der Waals surface area contributed by atoms with Gasteiger partial charge in [-0.05, 0) is 5.56 Å². The Morgan fingerprint density at radius 1 is 1.20 bits per heavy atom. The average molecular weight is 250 g/mol. The van der Waals surface area contributed by atoms with Crippen molar-refractivity contribution in [3.8, 4) is 0 Å². The number of carboxylic acids is 1. The van der Waals surface area contributed by atoms with Crippen LogP contribution in [0.3, 0.4) is 0 Å². The molecule has 0 aromatic heterocycles. The maximum Gasteiger partial charge on any atom is 0.316 e. The Hall–Kier alpha value is -0.770. The Kier molecular flexibility index (Phi) is 5.08. The Bertz CT molecular complexity index is 325. The summed E-state index contributed by atoms with van der Waals surface area (Å²) in [7, 11) is 0. The van der Waals surface area contributed by atoms with E-state index < -0.39 is 11.4 Å². The van der Waals surface area contributed by atoms with Crippen LogP contribution in [-0.4, -0.2) is 24.2 Å². The number of benzene rings is 1. The second-order valence-electron chi connectivity index (χ2n) is 3.36. The zero-order valence-electron chi connectivity index (χ0n) is 7.97. The van der Waals surface area contributed by atoms with Gasteiger partial charge in [0.25, 0.3) is 0 Å². The molecule has 5 heteroatoms. The molecule has 0 atom stereocenters. The third-order valence-electron chi connectivity index (χ3n) is 2.59. The first-order valence-electron chi connectivity index (χ1n) is 4.25. The molecular weight excluding hydrogens is 237 g/mol. The molecule has 1 heterocycles. The molecule has 0 aliphatic carbocycles. The maximum atomic E-state index is 11.1. The molecule has 1 saturated heterocycles. The molecule has 0 saturated carbocycles. The molecule has 2 rings (SSSR count). The first kappa shape index (κ1) is 14.2. The van der Waals surface area contributed by atoms with Crippen molar-refractivity contribution in [1.29, 1.82) is 0 Å². The van der Waals surface area contributed by atoms with Gasteiger partial charge in [0.15, 0.2) is 0 Å². The van der Waals surface area contributed by atoms with Gasteiger partial charge in [-0.3, -0.25) is 4.79 Å². The van der Waals surface area contributed by atoms with E-state index in [0.29, 0.717) is 13.1 Å². The van der Waals surface area contributed by atoms with E-state index in [2.05, 4.69) is 5.32 Å². The fraction of sp³-hybridized carbons (Fsp3) is 0.300. The smallest absolute Gasteiger partial charge is 0.316 e. The van der Waals surface area contributed by atoms with E-state index in [4.69, 9.17) is 5.11 Å². The van der Waals surface area contributed by atoms with Gasteiger partial charge in [0.05, 0.1) is 0 Å². The van der Waals surface area contributed by atoms with E-state index in [0.717, 1.165) is 5.56 Å². The number of carboxylic acid groups (broad SMARTS) is 1. The third kappa shape index (κ3) is 2.25. The number of carbonyl (C=O) groups is 1. The summed E-state index contributed by atoms with van der Waals surface area (Å²) in [5.74, 6) is -0.738. The van der Waals surface area contributed by atoms with Crippen molar-refractivity contribution >= 4 is 30.8 Å². The van der Waals surface area contributed by atoms with Crippen LogP contribution in [0.5, 0.6) is 0 Å². The Morgan fingerprint density at radius 2 is 1.73 bits per heavy atom. The molecule has 15 heavy (non-hydrogen) atoms. The summed E-state index contributed by atoms with van der Waals surface area (Å²) < 4.78 is 0. The molecule has 0 amide bonds. The van der Waals surface area contributed by atoms with Gasteiger partial charge in [-0.25, -0.2) is 0 Å². The van der Waals surface area contributed by atoms with Crippen LogP contribution in [0, 0.1) is 0 Å². The second kappa shape index (κ2) is 5.35. The second-order valence-corrected chi connectivity index (χ2v) is 3.36. The molecule has 1 aliphatic rings. The minimum atomic E-state index is -0.738. The lowest BCUT2D eigenvalue weighted by atomic mass is 9.75. The summed E-state index contributed by atoms with van der Waals surface area (Å²) in [5.41, 5.74) is 0.211.